The molecule has 6 nitrogen and oxygen atoms in total. The number of aryl methyl sites for hydroxylation is 1. The molecule has 3 aromatic rings. The Hall–Kier alpha value is -3.66. The van der Waals surface area contributed by atoms with Gasteiger partial charge in [-0.2, -0.15) is 5.26 Å². The summed E-state index contributed by atoms with van der Waals surface area (Å²) >= 11 is 12.5. The molecule has 34 heavy (non-hydrogen) atoms. The lowest BCUT2D eigenvalue weighted by Crippen LogP contribution is -2.13. The highest BCUT2D eigenvalue weighted by Crippen LogP contribution is 2.34. The van der Waals surface area contributed by atoms with E-state index in [1.165, 1.54) is 12.1 Å². The van der Waals surface area contributed by atoms with Crippen molar-refractivity contribution in [3.05, 3.63) is 87.4 Å². The molecule has 0 aromatic heterocycles. The topological polar surface area (TPSA) is 80.6 Å². The largest absolute Gasteiger partial charge is 0.497 e. The average molecular weight is 497 g/mol. The molecule has 0 fully saturated rings. The fourth-order valence-corrected chi connectivity index (χ4v) is 3.54. The number of halogens is 2. The van der Waals surface area contributed by atoms with Gasteiger partial charge in [-0.25, -0.2) is 0 Å². The number of nitrogens with zero attached hydrogens (tertiary/aromatic N) is 1. The number of anilines is 1. The molecule has 3 rings (SSSR count). The van der Waals surface area contributed by atoms with Crippen LogP contribution < -0.4 is 19.5 Å². The van der Waals surface area contributed by atoms with E-state index in [1.807, 2.05) is 37.3 Å². The van der Waals surface area contributed by atoms with E-state index in [0.717, 1.165) is 5.56 Å². The number of hydrogen-bond acceptors (Lipinski definition) is 5. The lowest BCUT2D eigenvalue weighted by Gasteiger charge is -2.13. The summed E-state index contributed by atoms with van der Waals surface area (Å²) in [5.74, 6) is 1.04. The van der Waals surface area contributed by atoms with Crippen LogP contribution in [0.25, 0.3) is 6.08 Å². The van der Waals surface area contributed by atoms with Crippen molar-refractivity contribution >= 4 is 40.9 Å². The van der Waals surface area contributed by atoms with Crippen molar-refractivity contribution in [2.24, 2.45) is 0 Å². The van der Waals surface area contributed by atoms with Gasteiger partial charge >= 0.3 is 0 Å². The fraction of sp³-hybridized carbons (Fsp3) is 0.154. The average Bonchev–Trinajstić information content (AvgIpc) is 2.82. The van der Waals surface area contributed by atoms with Gasteiger partial charge in [-0.1, -0.05) is 47.0 Å². The monoisotopic (exact) mass is 496 g/mol. The number of rotatable bonds is 9. The molecule has 0 atom stereocenters. The van der Waals surface area contributed by atoms with Gasteiger partial charge in [-0.05, 0) is 49.4 Å². The zero-order chi connectivity index (χ0) is 24.5. The van der Waals surface area contributed by atoms with Gasteiger partial charge in [0.05, 0.1) is 12.1 Å². The van der Waals surface area contributed by atoms with E-state index in [2.05, 4.69) is 5.32 Å². The molecule has 0 aliphatic carbocycles. The SMILES string of the molecule is COc1cccc(OCCOc2c(Cl)cc(Cl)cc2/C=C(\C#N)C(=O)Nc2ccc(C)cc2)c1. The number of methoxy groups -OCH3 is 1. The number of carbonyl (C=O) groups is 1. The smallest absolute Gasteiger partial charge is 0.266 e. The summed E-state index contributed by atoms with van der Waals surface area (Å²) in [6.07, 6.45) is 1.39. The summed E-state index contributed by atoms with van der Waals surface area (Å²) in [5, 5.41) is 12.9. The molecule has 0 aliphatic heterocycles. The molecule has 3 aromatic carbocycles. The zero-order valence-electron chi connectivity index (χ0n) is 18.6. The summed E-state index contributed by atoms with van der Waals surface area (Å²) in [7, 11) is 1.58. The maximum atomic E-state index is 12.6. The fourth-order valence-electron chi connectivity index (χ4n) is 2.97. The first-order valence-electron chi connectivity index (χ1n) is 10.3. The van der Waals surface area contributed by atoms with Gasteiger partial charge in [0.25, 0.3) is 5.91 Å². The second kappa shape index (κ2) is 12.0. The van der Waals surface area contributed by atoms with Crippen LogP contribution in [0.1, 0.15) is 11.1 Å². The van der Waals surface area contributed by atoms with E-state index in [4.69, 9.17) is 37.4 Å². The van der Waals surface area contributed by atoms with Gasteiger partial charge in [0, 0.05) is 22.3 Å². The number of nitriles is 1. The number of nitrogens with one attached hydrogen (secondary N) is 1. The second-order valence-corrected chi connectivity index (χ2v) is 8.02. The van der Waals surface area contributed by atoms with Gasteiger partial charge < -0.3 is 19.5 Å². The van der Waals surface area contributed by atoms with Crippen molar-refractivity contribution in [3.8, 4) is 23.3 Å². The van der Waals surface area contributed by atoms with Crippen LogP contribution in [0.4, 0.5) is 5.69 Å². The lowest BCUT2D eigenvalue weighted by atomic mass is 10.1. The first-order chi connectivity index (χ1) is 16.4. The Balaban J connectivity index is 1.73. The van der Waals surface area contributed by atoms with Gasteiger partial charge in [0.2, 0.25) is 0 Å². The second-order valence-electron chi connectivity index (χ2n) is 7.17. The van der Waals surface area contributed by atoms with Crippen molar-refractivity contribution in [1.29, 1.82) is 5.26 Å². The van der Waals surface area contributed by atoms with Gasteiger partial charge in [-0.15, -0.1) is 0 Å². The van der Waals surface area contributed by atoms with Crippen LogP contribution >= 0.6 is 23.2 Å². The van der Waals surface area contributed by atoms with E-state index in [-0.39, 0.29) is 29.6 Å². The molecule has 0 radical (unpaired) electrons. The third-order valence-corrected chi connectivity index (χ3v) is 5.15. The molecule has 0 saturated heterocycles. The summed E-state index contributed by atoms with van der Waals surface area (Å²) in [5.41, 5.74) is 1.90. The predicted octanol–water partition coefficient (Wildman–Crippen LogP) is 6.31. The standard InChI is InChI=1S/C26H22Cl2N2O4/c1-17-6-8-21(9-7-17)30-26(31)19(16-29)12-18-13-20(27)14-24(28)25(18)34-11-10-33-23-5-3-4-22(15-23)32-2/h3-9,12-15H,10-11H2,1-2H3,(H,30,31)/b19-12+. The number of amides is 1. The minimum absolute atomic E-state index is 0.128. The summed E-state index contributed by atoms with van der Waals surface area (Å²) < 4.78 is 16.7. The normalized spacial score (nSPS) is 10.9. The van der Waals surface area contributed by atoms with E-state index < -0.39 is 5.91 Å². The highest BCUT2D eigenvalue weighted by Gasteiger charge is 2.15. The Kier molecular flexibility index (Phi) is 8.80. The van der Waals surface area contributed by atoms with Crippen molar-refractivity contribution in [2.75, 3.05) is 25.6 Å². The molecular formula is C26H22Cl2N2O4. The quantitative estimate of drug-likeness (QED) is 0.213. The summed E-state index contributed by atoms with van der Waals surface area (Å²) in [6.45, 7) is 2.34. The minimum atomic E-state index is -0.560. The molecule has 1 amide bonds. The molecule has 0 aliphatic rings. The maximum absolute atomic E-state index is 12.6. The summed E-state index contributed by atoms with van der Waals surface area (Å²) in [6, 6.07) is 19.5. The molecule has 0 bridgehead atoms. The van der Waals surface area contributed by atoms with Crippen LogP contribution in [-0.4, -0.2) is 26.2 Å². The van der Waals surface area contributed by atoms with Crippen LogP contribution in [0.2, 0.25) is 10.0 Å². The third-order valence-electron chi connectivity index (χ3n) is 4.65. The van der Waals surface area contributed by atoms with Gasteiger partial charge in [0.1, 0.15) is 42.1 Å². The highest BCUT2D eigenvalue weighted by atomic mass is 35.5. The number of carbonyl (C=O) groups excluding carboxylic acids is 1. The van der Waals surface area contributed by atoms with Crippen molar-refractivity contribution in [2.45, 2.75) is 6.92 Å². The van der Waals surface area contributed by atoms with Crippen LogP contribution in [0.5, 0.6) is 17.2 Å². The third kappa shape index (κ3) is 6.92. The van der Waals surface area contributed by atoms with Gasteiger partial charge in [-0.3, -0.25) is 4.79 Å². The van der Waals surface area contributed by atoms with E-state index in [9.17, 15) is 10.1 Å². The molecule has 8 heteroatoms. The molecule has 1 N–H and O–H groups in total. The van der Waals surface area contributed by atoms with Crippen LogP contribution in [0, 0.1) is 18.3 Å². The van der Waals surface area contributed by atoms with Crippen molar-refractivity contribution < 1.29 is 19.0 Å². The Morgan fingerprint density at radius 1 is 1.03 bits per heavy atom. The van der Waals surface area contributed by atoms with Crippen LogP contribution in [-0.2, 0) is 4.79 Å². The first-order valence-corrected chi connectivity index (χ1v) is 11.0. The van der Waals surface area contributed by atoms with E-state index in [0.29, 0.717) is 27.8 Å². The van der Waals surface area contributed by atoms with E-state index in [1.54, 1.807) is 37.4 Å². The van der Waals surface area contributed by atoms with Crippen LogP contribution in [0.3, 0.4) is 0 Å². The minimum Gasteiger partial charge on any atom is -0.497 e. The number of ether oxygens (including phenoxy) is 3. The van der Waals surface area contributed by atoms with Crippen molar-refractivity contribution in [3.63, 3.8) is 0 Å². The number of hydrogen-bond donors (Lipinski definition) is 1. The van der Waals surface area contributed by atoms with Gasteiger partial charge in [0.15, 0.2) is 0 Å². The Labute approximate surface area is 208 Å². The molecule has 0 saturated carbocycles. The maximum Gasteiger partial charge on any atom is 0.266 e. The predicted molar refractivity (Wildman–Crippen MR) is 134 cm³/mol. The molecule has 0 unspecified atom stereocenters. The molecular weight excluding hydrogens is 475 g/mol. The highest BCUT2D eigenvalue weighted by molar-refractivity contribution is 6.36. The Bertz CT molecular complexity index is 1230. The molecule has 0 heterocycles. The number of benzene rings is 3. The lowest BCUT2D eigenvalue weighted by molar-refractivity contribution is -0.112. The molecule has 0 spiro atoms. The molecule has 174 valence electrons. The zero-order valence-corrected chi connectivity index (χ0v) is 20.1. The van der Waals surface area contributed by atoms with Crippen molar-refractivity contribution in [1.82, 2.24) is 0 Å². The van der Waals surface area contributed by atoms with Crippen LogP contribution in [0.15, 0.2) is 66.2 Å². The summed E-state index contributed by atoms with van der Waals surface area (Å²) in [4.78, 5) is 12.6. The Morgan fingerprint density at radius 2 is 1.74 bits per heavy atom. The van der Waals surface area contributed by atoms with E-state index >= 15 is 0 Å². The Morgan fingerprint density at radius 3 is 2.44 bits per heavy atom. The first kappa shape index (κ1) is 25.0.